The zero-order valence-corrected chi connectivity index (χ0v) is 19.2. The fraction of sp³-hybridized carbons (Fsp3) is 0.375. The van der Waals surface area contributed by atoms with Crippen molar-refractivity contribution in [3.8, 4) is 5.69 Å². The molecule has 1 aromatic carbocycles. The topological polar surface area (TPSA) is 62.6 Å². The van der Waals surface area contributed by atoms with E-state index >= 15 is 0 Å². The van der Waals surface area contributed by atoms with Crippen LogP contribution >= 0.6 is 11.8 Å². The Morgan fingerprint density at radius 1 is 1.10 bits per heavy atom. The Bertz CT molecular complexity index is 1110. The Balaban J connectivity index is 1.60. The van der Waals surface area contributed by atoms with Gasteiger partial charge in [0.25, 0.3) is 11.1 Å². The van der Waals surface area contributed by atoms with Crippen LogP contribution in [0.3, 0.4) is 0 Å². The van der Waals surface area contributed by atoms with E-state index in [2.05, 4.69) is 30.5 Å². The summed E-state index contributed by atoms with van der Waals surface area (Å²) in [5.41, 5.74) is 6.49. The molecule has 3 amide bonds. The number of amides is 3. The van der Waals surface area contributed by atoms with Crippen molar-refractivity contribution in [2.24, 2.45) is 0 Å². The number of hydrogen-bond acceptors (Lipinski definition) is 4. The second-order valence-electron chi connectivity index (χ2n) is 8.24. The molecule has 2 aromatic rings. The maximum Gasteiger partial charge on any atom is 0.294 e. The fourth-order valence-electron chi connectivity index (χ4n) is 4.26. The van der Waals surface area contributed by atoms with Crippen LogP contribution in [-0.2, 0) is 9.59 Å². The van der Waals surface area contributed by atoms with Gasteiger partial charge in [-0.25, -0.2) is 0 Å². The highest BCUT2D eigenvalue weighted by molar-refractivity contribution is 8.18. The molecule has 162 valence electrons. The van der Waals surface area contributed by atoms with Crippen LogP contribution in [0.25, 0.3) is 11.8 Å². The Morgan fingerprint density at radius 2 is 1.81 bits per heavy atom. The van der Waals surface area contributed by atoms with Crippen LogP contribution in [0.15, 0.2) is 29.2 Å². The lowest BCUT2D eigenvalue weighted by Crippen LogP contribution is -2.40. The quantitative estimate of drug-likeness (QED) is 0.667. The third-order valence-electron chi connectivity index (χ3n) is 6.20. The second-order valence-corrected chi connectivity index (χ2v) is 9.23. The van der Waals surface area contributed by atoms with E-state index in [0.29, 0.717) is 18.0 Å². The van der Waals surface area contributed by atoms with Crippen molar-refractivity contribution < 1.29 is 14.4 Å². The Kier molecular flexibility index (Phi) is 5.79. The van der Waals surface area contributed by atoms with E-state index in [1.54, 1.807) is 11.0 Å². The summed E-state index contributed by atoms with van der Waals surface area (Å²) in [6.45, 7) is 9.47. The van der Waals surface area contributed by atoms with Crippen LogP contribution in [-0.4, -0.2) is 51.1 Å². The number of likely N-dealkylation sites (tertiary alicyclic amines) is 1. The predicted molar refractivity (Wildman–Crippen MR) is 123 cm³/mol. The number of carbonyl (C=O) groups excluding carboxylic acids is 3. The first kappa shape index (κ1) is 21.4. The van der Waals surface area contributed by atoms with Crippen LogP contribution in [0, 0.1) is 27.7 Å². The number of thioether (sulfide) groups is 1. The molecular formula is C24H27N3O3S. The van der Waals surface area contributed by atoms with E-state index in [9.17, 15) is 14.4 Å². The summed E-state index contributed by atoms with van der Waals surface area (Å²) in [5, 5.41) is -0.382. The summed E-state index contributed by atoms with van der Waals surface area (Å²) in [4.78, 5) is 40.9. The van der Waals surface area contributed by atoms with E-state index in [-0.39, 0.29) is 23.6 Å². The van der Waals surface area contributed by atoms with Gasteiger partial charge in [-0.2, -0.15) is 0 Å². The summed E-state index contributed by atoms with van der Waals surface area (Å²) >= 11 is 0.905. The molecule has 0 saturated carbocycles. The van der Waals surface area contributed by atoms with Gasteiger partial charge in [0, 0.05) is 30.2 Å². The lowest BCUT2D eigenvalue weighted by atomic mass is 10.1. The maximum absolute atomic E-state index is 12.9. The molecule has 7 heteroatoms. The van der Waals surface area contributed by atoms with E-state index in [4.69, 9.17) is 0 Å². The average molecular weight is 438 g/mol. The number of imide groups is 1. The van der Waals surface area contributed by atoms with Gasteiger partial charge >= 0.3 is 0 Å². The van der Waals surface area contributed by atoms with Crippen molar-refractivity contribution in [2.45, 2.75) is 40.5 Å². The molecule has 0 spiro atoms. The van der Waals surface area contributed by atoms with Crippen LogP contribution in [0.4, 0.5) is 4.79 Å². The van der Waals surface area contributed by atoms with Crippen molar-refractivity contribution in [3.63, 3.8) is 0 Å². The number of nitrogens with zero attached hydrogens (tertiary/aromatic N) is 3. The third-order valence-corrected chi connectivity index (χ3v) is 7.11. The normalized spacial score (nSPS) is 18.0. The molecule has 0 aliphatic carbocycles. The van der Waals surface area contributed by atoms with E-state index in [0.717, 1.165) is 52.1 Å². The highest BCUT2D eigenvalue weighted by atomic mass is 32.2. The number of benzene rings is 1. The maximum atomic E-state index is 12.9. The lowest BCUT2D eigenvalue weighted by molar-refractivity contribution is -0.135. The second kappa shape index (κ2) is 8.38. The molecule has 2 fully saturated rings. The Morgan fingerprint density at radius 3 is 2.52 bits per heavy atom. The first-order chi connectivity index (χ1) is 14.8. The van der Waals surface area contributed by atoms with Crippen LogP contribution in [0.1, 0.15) is 40.9 Å². The zero-order valence-electron chi connectivity index (χ0n) is 18.4. The summed E-state index contributed by atoms with van der Waals surface area (Å²) in [7, 11) is 0. The van der Waals surface area contributed by atoms with Gasteiger partial charge in [0.15, 0.2) is 0 Å². The largest absolute Gasteiger partial charge is 0.341 e. The zero-order chi connectivity index (χ0) is 22.3. The summed E-state index contributed by atoms with van der Waals surface area (Å²) in [6.07, 6.45) is 3.72. The van der Waals surface area contributed by atoms with Gasteiger partial charge in [-0.1, -0.05) is 12.1 Å². The molecule has 1 aromatic heterocycles. The number of hydrogen-bond donors (Lipinski definition) is 0. The van der Waals surface area contributed by atoms with Crippen molar-refractivity contribution in [2.75, 3.05) is 19.6 Å². The van der Waals surface area contributed by atoms with Crippen molar-refractivity contribution >= 4 is 34.9 Å². The van der Waals surface area contributed by atoms with Crippen LogP contribution in [0.5, 0.6) is 0 Å². The smallest absolute Gasteiger partial charge is 0.294 e. The summed E-state index contributed by atoms with van der Waals surface area (Å²) in [6, 6.07) is 8.25. The van der Waals surface area contributed by atoms with E-state index < -0.39 is 0 Å². The van der Waals surface area contributed by atoms with Gasteiger partial charge in [0.05, 0.1) is 4.91 Å². The van der Waals surface area contributed by atoms with E-state index in [1.165, 1.54) is 11.1 Å². The van der Waals surface area contributed by atoms with E-state index in [1.807, 2.05) is 26.0 Å². The monoisotopic (exact) mass is 437 g/mol. The van der Waals surface area contributed by atoms with Crippen LogP contribution < -0.4 is 0 Å². The van der Waals surface area contributed by atoms with Crippen molar-refractivity contribution in [3.05, 3.63) is 57.2 Å². The molecule has 4 rings (SSSR count). The summed E-state index contributed by atoms with van der Waals surface area (Å²) in [5.74, 6) is -0.548. The molecule has 3 heterocycles. The SMILES string of the molecule is Cc1cccc(-n2c(C)cc(/C=C3/SC(=O)N(CC(=O)N4CCCC4)C3=O)c2C)c1C. The van der Waals surface area contributed by atoms with Crippen molar-refractivity contribution in [1.82, 2.24) is 14.4 Å². The molecule has 2 aliphatic rings. The van der Waals surface area contributed by atoms with Gasteiger partial charge in [0.1, 0.15) is 6.54 Å². The molecule has 0 N–H and O–H groups in total. The molecule has 0 unspecified atom stereocenters. The van der Waals surface area contributed by atoms with Gasteiger partial charge in [-0.05, 0) is 87.2 Å². The van der Waals surface area contributed by atoms with Gasteiger partial charge in [0.2, 0.25) is 5.91 Å². The number of aryl methyl sites for hydroxylation is 2. The van der Waals surface area contributed by atoms with Crippen LogP contribution in [0.2, 0.25) is 0 Å². The Labute approximate surface area is 186 Å². The Hall–Kier alpha value is -2.80. The first-order valence-corrected chi connectivity index (χ1v) is 11.4. The molecule has 0 bridgehead atoms. The fourth-order valence-corrected chi connectivity index (χ4v) is 5.09. The minimum Gasteiger partial charge on any atom is -0.341 e. The van der Waals surface area contributed by atoms with Gasteiger partial charge in [-0.3, -0.25) is 19.3 Å². The molecule has 6 nitrogen and oxygen atoms in total. The minimum absolute atomic E-state index is 0.158. The van der Waals surface area contributed by atoms with Gasteiger partial charge < -0.3 is 9.47 Å². The molecule has 31 heavy (non-hydrogen) atoms. The molecule has 0 radical (unpaired) electrons. The van der Waals surface area contributed by atoms with Gasteiger partial charge in [-0.15, -0.1) is 0 Å². The first-order valence-electron chi connectivity index (χ1n) is 10.6. The highest BCUT2D eigenvalue weighted by Crippen LogP contribution is 2.34. The molecule has 2 aliphatic heterocycles. The highest BCUT2D eigenvalue weighted by Gasteiger charge is 2.37. The summed E-state index contributed by atoms with van der Waals surface area (Å²) < 4.78 is 2.18. The molecule has 0 atom stereocenters. The number of carbonyl (C=O) groups is 3. The average Bonchev–Trinajstić information content (AvgIpc) is 3.42. The predicted octanol–water partition coefficient (Wildman–Crippen LogP) is 4.37. The standard InChI is InChI=1S/C24H27N3O3S/c1-15-8-7-9-20(17(15)3)27-16(2)12-19(18(27)4)13-21-23(29)26(24(30)31-21)14-22(28)25-10-5-6-11-25/h7-9,12-13H,5-6,10-11,14H2,1-4H3/b21-13+. The molecular weight excluding hydrogens is 410 g/mol. The number of rotatable bonds is 4. The minimum atomic E-state index is -0.390. The molecule has 2 saturated heterocycles. The number of aromatic nitrogens is 1. The lowest BCUT2D eigenvalue weighted by Gasteiger charge is -2.18. The van der Waals surface area contributed by atoms with Crippen molar-refractivity contribution in [1.29, 1.82) is 0 Å². The third kappa shape index (κ3) is 3.94.